The van der Waals surface area contributed by atoms with Gasteiger partial charge in [-0.3, -0.25) is 10.1 Å². The van der Waals surface area contributed by atoms with Crippen LogP contribution in [0.4, 0.5) is 5.69 Å². The Balaban J connectivity index is 1.65. The molecule has 0 aliphatic carbocycles. The molecule has 0 fully saturated rings. The topological polar surface area (TPSA) is 41.1 Å². The summed E-state index contributed by atoms with van der Waals surface area (Å²) in [5, 5.41) is 8.08. The summed E-state index contributed by atoms with van der Waals surface area (Å²) in [6, 6.07) is 21.6. The lowest BCUT2D eigenvalue weighted by atomic mass is 10.0. The molecule has 0 aliphatic heterocycles. The average Bonchev–Trinajstić information content (AvgIpc) is 2.67. The van der Waals surface area contributed by atoms with Gasteiger partial charge in [0.2, 0.25) is 0 Å². The lowest BCUT2D eigenvalue weighted by Gasteiger charge is -2.11. The van der Waals surface area contributed by atoms with E-state index in [0.29, 0.717) is 10.7 Å². The number of anilines is 1. The molecule has 3 aromatic carbocycles. The molecule has 2 N–H and O–H groups in total. The van der Waals surface area contributed by atoms with Crippen LogP contribution in [0, 0.1) is 0 Å². The standard InChI is InChI=1S/C22H22N2OS/c1-2-3-7-16-12-14-18(15-13-16)23-22(26)24-21(25)20-11-6-9-17-8-4-5-10-19(17)20/h4-6,8-15H,2-3,7H2,1H3,(H2,23,24,25,26). The Kier molecular flexibility index (Phi) is 5.97. The van der Waals surface area contributed by atoms with Gasteiger partial charge in [-0.1, -0.05) is 61.9 Å². The van der Waals surface area contributed by atoms with Crippen LogP contribution >= 0.6 is 12.2 Å². The normalized spacial score (nSPS) is 10.5. The van der Waals surface area contributed by atoms with Gasteiger partial charge in [0, 0.05) is 11.3 Å². The van der Waals surface area contributed by atoms with Gasteiger partial charge in [0.05, 0.1) is 0 Å². The van der Waals surface area contributed by atoms with E-state index >= 15 is 0 Å². The zero-order chi connectivity index (χ0) is 18.4. The first kappa shape index (κ1) is 18.1. The van der Waals surface area contributed by atoms with E-state index in [1.165, 1.54) is 18.4 Å². The Morgan fingerprint density at radius 2 is 1.69 bits per heavy atom. The first-order valence-electron chi connectivity index (χ1n) is 8.86. The number of aryl methyl sites for hydroxylation is 1. The van der Waals surface area contributed by atoms with E-state index in [9.17, 15) is 4.79 Å². The molecule has 0 radical (unpaired) electrons. The molecule has 0 bridgehead atoms. The van der Waals surface area contributed by atoms with Crippen molar-refractivity contribution in [2.24, 2.45) is 0 Å². The van der Waals surface area contributed by atoms with Gasteiger partial charge in [0.1, 0.15) is 0 Å². The maximum absolute atomic E-state index is 12.6. The Morgan fingerprint density at radius 1 is 0.962 bits per heavy atom. The summed E-state index contributed by atoms with van der Waals surface area (Å²) in [5.74, 6) is -0.209. The molecule has 26 heavy (non-hydrogen) atoms. The van der Waals surface area contributed by atoms with Crippen LogP contribution in [-0.4, -0.2) is 11.0 Å². The van der Waals surface area contributed by atoms with Crippen molar-refractivity contribution < 1.29 is 4.79 Å². The number of hydrogen-bond acceptors (Lipinski definition) is 2. The summed E-state index contributed by atoms with van der Waals surface area (Å²) in [6.45, 7) is 2.19. The molecule has 3 nitrogen and oxygen atoms in total. The Bertz CT molecular complexity index is 914. The van der Waals surface area contributed by atoms with Gasteiger partial charge in [-0.2, -0.15) is 0 Å². The zero-order valence-electron chi connectivity index (χ0n) is 14.8. The van der Waals surface area contributed by atoms with Crippen LogP contribution in [0.3, 0.4) is 0 Å². The van der Waals surface area contributed by atoms with Gasteiger partial charge >= 0.3 is 0 Å². The van der Waals surface area contributed by atoms with Crippen molar-refractivity contribution in [2.45, 2.75) is 26.2 Å². The van der Waals surface area contributed by atoms with E-state index in [0.717, 1.165) is 22.9 Å². The Labute approximate surface area is 159 Å². The minimum absolute atomic E-state index is 0.209. The van der Waals surface area contributed by atoms with E-state index in [2.05, 4.69) is 29.7 Å². The zero-order valence-corrected chi connectivity index (χ0v) is 15.6. The van der Waals surface area contributed by atoms with Gasteiger partial charge < -0.3 is 5.32 Å². The van der Waals surface area contributed by atoms with Crippen molar-refractivity contribution in [2.75, 3.05) is 5.32 Å². The molecule has 0 aliphatic rings. The lowest BCUT2D eigenvalue weighted by Crippen LogP contribution is -2.34. The largest absolute Gasteiger partial charge is 0.332 e. The van der Waals surface area contributed by atoms with Gasteiger partial charge in [0.25, 0.3) is 5.91 Å². The van der Waals surface area contributed by atoms with E-state index in [1.807, 2.05) is 54.6 Å². The van der Waals surface area contributed by atoms with Crippen LogP contribution in [0.15, 0.2) is 66.7 Å². The number of unbranched alkanes of at least 4 members (excludes halogenated alkanes) is 1. The number of carbonyl (C=O) groups is 1. The van der Waals surface area contributed by atoms with Crippen molar-refractivity contribution in [1.82, 2.24) is 5.32 Å². The second-order valence-electron chi connectivity index (χ2n) is 6.24. The number of amides is 1. The number of rotatable bonds is 5. The predicted octanol–water partition coefficient (Wildman–Crippen LogP) is 5.31. The van der Waals surface area contributed by atoms with E-state index in [1.54, 1.807) is 0 Å². The number of carbonyl (C=O) groups excluding carboxylic acids is 1. The maximum atomic E-state index is 12.6. The minimum Gasteiger partial charge on any atom is -0.332 e. The van der Waals surface area contributed by atoms with Gasteiger partial charge in [-0.15, -0.1) is 0 Å². The number of benzene rings is 3. The smallest absolute Gasteiger partial charge is 0.258 e. The number of thiocarbonyl (C=S) groups is 1. The molecule has 1 amide bonds. The third-order valence-corrected chi connectivity index (χ3v) is 4.50. The van der Waals surface area contributed by atoms with E-state index in [4.69, 9.17) is 12.2 Å². The van der Waals surface area contributed by atoms with Crippen molar-refractivity contribution in [3.63, 3.8) is 0 Å². The van der Waals surface area contributed by atoms with E-state index < -0.39 is 0 Å². The van der Waals surface area contributed by atoms with Crippen LogP contribution < -0.4 is 10.6 Å². The maximum Gasteiger partial charge on any atom is 0.258 e. The molecule has 0 atom stereocenters. The fourth-order valence-corrected chi connectivity index (χ4v) is 3.10. The summed E-state index contributed by atoms with van der Waals surface area (Å²) in [4.78, 5) is 12.6. The molecular formula is C22H22N2OS. The minimum atomic E-state index is -0.209. The van der Waals surface area contributed by atoms with Crippen LogP contribution in [0.25, 0.3) is 10.8 Å². The third-order valence-electron chi connectivity index (χ3n) is 4.29. The molecule has 0 spiro atoms. The van der Waals surface area contributed by atoms with Crippen LogP contribution in [0.1, 0.15) is 35.7 Å². The molecule has 0 heterocycles. The summed E-state index contributed by atoms with van der Waals surface area (Å²) < 4.78 is 0. The van der Waals surface area contributed by atoms with Gasteiger partial charge in [-0.05, 0) is 59.6 Å². The Morgan fingerprint density at radius 3 is 2.46 bits per heavy atom. The second-order valence-corrected chi connectivity index (χ2v) is 6.64. The second kappa shape index (κ2) is 8.59. The number of nitrogens with one attached hydrogen (secondary N) is 2. The molecular weight excluding hydrogens is 340 g/mol. The quantitative estimate of drug-likeness (QED) is 0.604. The fraction of sp³-hybridized carbons (Fsp3) is 0.182. The van der Waals surface area contributed by atoms with Crippen molar-refractivity contribution in [1.29, 1.82) is 0 Å². The first-order chi connectivity index (χ1) is 12.7. The van der Waals surface area contributed by atoms with Crippen LogP contribution in [-0.2, 0) is 6.42 Å². The number of hydrogen-bond donors (Lipinski definition) is 2. The predicted molar refractivity (Wildman–Crippen MR) is 113 cm³/mol. The summed E-state index contributed by atoms with van der Waals surface area (Å²) in [5.41, 5.74) is 2.79. The first-order valence-corrected chi connectivity index (χ1v) is 9.27. The molecule has 3 rings (SSSR count). The van der Waals surface area contributed by atoms with E-state index in [-0.39, 0.29) is 5.91 Å². The SMILES string of the molecule is CCCCc1ccc(NC(=S)NC(=O)c2cccc3ccccc23)cc1. The van der Waals surface area contributed by atoms with Crippen LogP contribution in [0.2, 0.25) is 0 Å². The third kappa shape index (κ3) is 4.46. The van der Waals surface area contributed by atoms with Gasteiger partial charge in [-0.25, -0.2) is 0 Å². The van der Waals surface area contributed by atoms with Crippen molar-refractivity contribution in [3.8, 4) is 0 Å². The van der Waals surface area contributed by atoms with Gasteiger partial charge in [0.15, 0.2) is 5.11 Å². The molecule has 0 aromatic heterocycles. The fourth-order valence-electron chi connectivity index (χ4n) is 2.89. The molecule has 3 aromatic rings. The highest BCUT2D eigenvalue weighted by Gasteiger charge is 2.11. The summed E-state index contributed by atoms with van der Waals surface area (Å²) in [7, 11) is 0. The lowest BCUT2D eigenvalue weighted by molar-refractivity contribution is 0.0979. The monoisotopic (exact) mass is 362 g/mol. The van der Waals surface area contributed by atoms with Crippen LogP contribution in [0.5, 0.6) is 0 Å². The Hall–Kier alpha value is -2.72. The molecule has 132 valence electrons. The molecule has 0 saturated carbocycles. The summed E-state index contributed by atoms with van der Waals surface area (Å²) in [6.07, 6.45) is 3.45. The summed E-state index contributed by atoms with van der Waals surface area (Å²) >= 11 is 5.29. The highest BCUT2D eigenvalue weighted by Crippen LogP contribution is 2.18. The van der Waals surface area contributed by atoms with Crippen molar-refractivity contribution in [3.05, 3.63) is 77.9 Å². The molecule has 0 saturated heterocycles. The highest BCUT2D eigenvalue weighted by atomic mass is 32.1. The number of fused-ring (bicyclic) bond motifs is 1. The highest BCUT2D eigenvalue weighted by molar-refractivity contribution is 7.80. The molecule has 0 unspecified atom stereocenters. The average molecular weight is 362 g/mol. The van der Waals surface area contributed by atoms with Crippen molar-refractivity contribution >= 4 is 39.7 Å². The molecule has 4 heteroatoms.